The van der Waals surface area contributed by atoms with Gasteiger partial charge in [0.15, 0.2) is 17.3 Å². The largest absolute Gasteiger partial charge is 0.493 e. The van der Waals surface area contributed by atoms with Gasteiger partial charge in [0, 0.05) is 10.4 Å². The maximum Gasteiger partial charge on any atom is 0.291 e. The van der Waals surface area contributed by atoms with E-state index in [1.807, 2.05) is 6.07 Å². The van der Waals surface area contributed by atoms with Gasteiger partial charge in [0.2, 0.25) is 0 Å². The van der Waals surface area contributed by atoms with Crippen molar-refractivity contribution in [2.75, 3.05) is 32.6 Å². The highest BCUT2D eigenvalue weighted by atomic mass is 32.1. The van der Waals surface area contributed by atoms with Crippen LogP contribution in [0.25, 0.3) is 0 Å². The molecule has 1 fully saturated rings. The van der Waals surface area contributed by atoms with Crippen molar-refractivity contribution in [3.8, 4) is 11.5 Å². The van der Waals surface area contributed by atoms with Gasteiger partial charge in [-0.15, -0.1) is 11.3 Å². The molecule has 1 aliphatic rings. The fourth-order valence-electron chi connectivity index (χ4n) is 4.29. The molecule has 1 saturated heterocycles. The number of methoxy groups -OCH3 is 2. The van der Waals surface area contributed by atoms with Crippen LogP contribution >= 0.6 is 11.3 Å². The first kappa shape index (κ1) is 22.4. The lowest BCUT2D eigenvalue weighted by Gasteiger charge is -2.35. The van der Waals surface area contributed by atoms with Gasteiger partial charge >= 0.3 is 0 Å². The molecule has 1 aliphatic heterocycles. The van der Waals surface area contributed by atoms with Crippen molar-refractivity contribution >= 4 is 22.2 Å². The zero-order valence-electron chi connectivity index (χ0n) is 18.8. The molecule has 1 aromatic carbocycles. The molecular formula is C25H30N2O4S. The second-order valence-electron chi connectivity index (χ2n) is 7.90. The number of likely N-dealkylation sites (tertiary alicyclic amines) is 1. The third-order valence-corrected chi connectivity index (χ3v) is 7.12. The highest BCUT2D eigenvalue weighted by Crippen LogP contribution is 2.42. The number of carbonyl (C=O) groups excluding carboxylic acids is 1. The van der Waals surface area contributed by atoms with Crippen LogP contribution in [0, 0.1) is 0 Å². The molecule has 0 radical (unpaired) electrons. The first-order valence-electron chi connectivity index (χ1n) is 11.1. The third kappa shape index (κ3) is 4.69. The molecule has 0 spiro atoms. The number of anilines is 1. The summed E-state index contributed by atoms with van der Waals surface area (Å²) < 4.78 is 16.4. The number of nitrogens with zero attached hydrogens (tertiary/aromatic N) is 1. The minimum atomic E-state index is -0.231. The smallest absolute Gasteiger partial charge is 0.291 e. The zero-order chi connectivity index (χ0) is 22.5. The number of rotatable bonds is 8. The van der Waals surface area contributed by atoms with Crippen LogP contribution < -0.4 is 14.8 Å². The van der Waals surface area contributed by atoms with Crippen LogP contribution in [0.1, 0.15) is 58.8 Å². The van der Waals surface area contributed by atoms with Crippen LogP contribution in [-0.4, -0.2) is 38.1 Å². The minimum Gasteiger partial charge on any atom is -0.493 e. The Hall–Kier alpha value is -2.77. The summed E-state index contributed by atoms with van der Waals surface area (Å²) in [7, 11) is 3.31. The van der Waals surface area contributed by atoms with E-state index in [2.05, 4.69) is 35.3 Å². The lowest BCUT2D eigenvalue weighted by atomic mass is 9.95. The van der Waals surface area contributed by atoms with Crippen LogP contribution in [0.5, 0.6) is 11.5 Å². The summed E-state index contributed by atoms with van der Waals surface area (Å²) in [5.41, 5.74) is 2.24. The van der Waals surface area contributed by atoms with Crippen molar-refractivity contribution in [3.63, 3.8) is 0 Å². The Labute approximate surface area is 193 Å². The van der Waals surface area contributed by atoms with Crippen molar-refractivity contribution < 1.29 is 18.7 Å². The fraction of sp³-hybridized carbons (Fsp3) is 0.400. The van der Waals surface area contributed by atoms with Gasteiger partial charge in [-0.3, -0.25) is 9.69 Å². The molecular weight excluding hydrogens is 424 g/mol. The number of carbonyl (C=O) groups is 1. The number of nitrogens with one attached hydrogen (secondary N) is 1. The number of amides is 1. The van der Waals surface area contributed by atoms with E-state index in [9.17, 15) is 4.79 Å². The highest BCUT2D eigenvalue weighted by molar-refractivity contribution is 7.16. The van der Waals surface area contributed by atoms with Crippen molar-refractivity contribution in [2.24, 2.45) is 0 Å². The van der Waals surface area contributed by atoms with Gasteiger partial charge in [0.1, 0.15) is 5.00 Å². The number of ether oxygens (including phenoxy) is 2. The molecule has 1 unspecified atom stereocenters. The topological polar surface area (TPSA) is 63.9 Å². The number of hydrogen-bond donors (Lipinski definition) is 1. The highest BCUT2D eigenvalue weighted by Gasteiger charge is 2.29. The number of aryl methyl sites for hydroxylation is 1. The normalized spacial score (nSPS) is 15.3. The monoisotopic (exact) mass is 454 g/mol. The molecule has 0 bridgehead atoms. The van der Waals surface area contributed by atoms with E-state index in [1.165, 1.54) is 30.4 Å². The van der Waals surface area contributed by atoms with Crippen molar-refractivity contribution in [3.05, 3.63) is 64.4 Å². The summed E-state index contributed by atoms with van der Waals surface area (Å²) in [6.45, 7) is 4.17. The first-order chi connectivity index (χ1) is 15.6. The SMILES string of the molecule is CCc1cc(C(c2ccc(OC)c(OC)c2)N2CCCCC2)c(NC(=O)c2ccco2)s1. The Balaban J connectivity index is 1.77. The second-order valence-corrected chi connectivity index (χ2v) is 9.03. The fourth-order valence-corrected chi connectivity index (χ4v) is 5.32. The number of hydrogen-bond acceptors (Lipinski definition) is 6. The first-order valence-corrected chi connectivity index (χ1v) is 11.9. The van der Waals surface area contributed by atoms with Gasteiger partial charge in [0.05, 0.1) is 26.5 Å². The molecule has 7 heteroatoms. The van der Waals surface area contributed by atoms with Crippen LogP contribution in [0.15, 0.2) is 47.1 Å². The molecule has 1 amide bonds. The second kappa shape index (κ2) is 10.2. The molecule has 1 N–H and O–H groups in total. The van der Waals surface area contributed by atoms with Crippen LogP contribution in [0.3, 0.4) is 0 Å². The maximum atomic E-state index is 12.8. The quantitative estimate of drug-likeness (QED) is 0.470. The van der Waals surface area contributed by atoms with Crippen molar-refractivity contribution in [1.82, 2.24) is 4.90 Å². The standard InChI is InChI=1S/C25H30N2O4S/c1-4-18-16-19(25(32-18)26-24(28)21-9-8-14-31-21)23(27-12-6-5-7-13-27)17-10-11-20(29-2)22(15-17)30-3/h8-11,14-16,23H,4-7,12-13H2,1-3H3,(H,26,28). The summed E-state index contributed by atoms with van der Waals surface area (Å²) in [4.78, 5) is 16.5. The Morgan fingerprint density at radius 3 is 2.56 bits per heavy atom. The lowest BCUT2D eigenvalue weighted by molar-refractivity contribution is 0.0996. The van der Waals surface area contributed by atoms with Gasteiger partial charge in [-0.25, -0.2) is 0 Å². The van der Waals surface area contributed by atoms with Gasteiger partial charge < -0.3 is 19.2 Å². The summed E-state index contributed by atoms with van der Waals surface area (Å²) in [6, 6.07) is 11.8. The average molecular weight is 455 g/mol. The number of piperidine rings is 1. The molecule has 32 heavy (non-hydrogen) atoms. The Morgan fingerprint density at radius 1 is 1.12 bits per heavy atom. The van der Waals surface area contributed by atoms with E-state index in [4.69, 9.17) is 13.9 Å². The molecule has 2 aromatic heterocycles. The Kier molecular flexibility index (Phi) is 7.17. The van der Waals surface area contributed by atoms with Crippen LogP contribution in [-0.2, 0) is 6.42 Å². The number of thiophene rings is 1. The summed E-state index contributed by atoms with van der Waals surface area (Å²) >= 11 is 1.63. The van der Waals surface area contributed by atoms with E-state index >= 15 is 0 Å². The predicted octanol–water partition coefficient (Wildman–Crippen LogP) is 5.75. The van der Waals surface area contributed by atoms with E-state index in [-0.39, 0.29) is 11.9 Å². The molecule has 1 atom stereocenters. The summed E-state index contributed by atoms with van der Waals surface area (Å²) in [6.07, 6.45) is 6.02. The minimum absolute atomic E-state index is 0.0126. The molecule has 3 heterocycles. The molecule has 0 aliphatic carbocycles. The maximum absolute atomic E-state index is 12.8. The third-order valence-electron chi connectivity index (χ3n) is 5.91. The summed E-state index contributed by atoms with van der Waals surface area (Å²) in [5, 5.41) is 3.98. The Morgan fingerprint density at radius 2 is 1.91 bits per heavy atom. The molecule has 0 saturated carbocycles. The molecule has 170 valence electrons. The number of furan rings is 1. The zero-order valence-corrected chi connectivity index (χ0v) is 19.7. The van der Waals surface area contributed by atoms with E-state index in [1.54, 1.807) is 37.7 Å². The van der Waals surface area contributed by atoms with Crippen LogP contribution in [0.2, 0.25) is 0 Å². The van der Waals surface area contributed by atoms with Gasteiger partial charge in [-0.05, 0) is 68.2 Å². The van der Waals surface area contributed by atoms with Gasteiger partial charge in [0.25, 0.3) is 5.91 Å². The van der Waals surface area contributed by atoms with Crippen LogP contribution in [0.4, 0.5) is 5.00 Å². The number of benzene rings is 1. The van der Waals surface area contributed by atoms with Crippen molar-refractivity contribution in [1.29, 1.82) is 0 Å². The molecule has 6 nitrogen and oxygen atoms in total. The van der Waals surface area contributed by atoms with Gasteiger partial charge in [-0.1, -0.05) is 19.4 Å². The van der Waals surface area contributed by atoms with Gasteiger partial charge in [-0.2, -0.15) is 0 Å². The lowest BCUT2D eigenvalue weighted by Crippen LogP contribution is -2.34. The molecule has 3 aromatic rings. The predicted molar refractivity (Wildman–Crippen MR) is 127 cm³/mol. The van der Waals surface area contributed by atoms with E-state index in [0.717, 1.165) is 35.6 Å². The van der Waals surface area contributed by atoms with E-state index in [0.29, 0.717) is 17.3 Å². The Bertz CT molecular complexity index is 1040. The summed E-state index contributed by atoms with van der Waals surface area (Å²) in [5.74, 6) is 1.49. The van der Waals surface area contributed by atoms with E-state index < -0.39 is 0 Å². The van der Waals surface area contributed by atoms with Crippen molar-refractivity contribution in [2.45, 2.75) is 38.6 Å². The molecule has 4 rings (SSSR count). The average Bonchev–Trinajstić information content (AvgIpc) is 3.50.